The average molecular weight is 305 g/mol. The number of ether oxygens (including phenoxy) is 1. The molecule has 0 bridgehead atoms. The normalized spacial score (nSPS) is 16.3. The molecule has 0 radical (unpaired) electrons. The molecule has 1 amide bonds. The second-order valence-corrected chi connectivity index (χ2v) is 5.58. The molecule has 2 rings (SSSR count). The van der Waals surface area contributed by atoms with E-state index in [0.717, 1.165) is 25.9 Å². The number of piperidine rings is 1. The summed E-state index contributed by atoms with van der Waals surface area (Å²) in [5, 5.41) is 0. The van der Waals surface area contributed by atoms with Crippen molar-refractivity contribution < 1.29 is 14.3 Å². The number of amides is 1. The van der Waals surface area contributed by atoms with Gasteiger partial charge in [0.15, 0.2) is 0 Å². The predicted octanol–water partition coefficient (Wildman–Crippen LogP) is 1.42. The molecule has 1 saturated heterocycles. The van der Waals surface area contributed by atoms with E-state index >= 15 is 0 Å². The first-order valence-electron chi connectivity index (χ1n) is 7.62. The van der Waals surface area contributed by atoms with E-state index < -0.39 is 5.97 Å². The Morgan fingerprint density at radius 1 is 1.32 bits per heavy atom. The van der Waals surface area contributed by atoms with Crippen molar-refractivity contribution in [3.05, 3.63) is 29.6 Å². The molecule has 120 valence electrons. The van der Waals surface area contributed by atoms with Crippen LogP contribution in [0.4, 0.5) is 0 Å². The minimum absolute atomic E-state index is 0.152. The lowest BCUT2D eigenvalue weighted by atomic mass is 10.0. The monoisotopic (exact) mass is 305 g/mol. The molecule has 0 aliphatic carbocycles. The lowest BCUT2D eigenvalue weighted by Gasteiger charge is -2.34. The third-order valence-electron chi connectivity index (χ3n) is 4.01. The standard InChI is InChI=1S/C16H23N3O3/c1-4-22-16(21)14-7-5-6-13(17-14)15(20)19(3)12-8-10-18(2)11-9-12/h5-7,12H,4,8-11H2,1-3H3. The molecule has 6 heteroatoms. The average Bonchev–Trinajstić information content (AvgIpc) is 2.54. The Balaban J connectivity index is 2.08. The zero-order chi connectivity index (χ0) is 16.1. The van der Waals surface area contributed by atoms with Gasteiger partial charge in [-0.2, -0.15) is 0 Å². The summed E-state index contributed by atoms with van der Waals surface area (Å²) in [6.07, 6.45) is 1.91. The van der Waals surface area contributed by atoms with Crippen LogP contribution in [0.25, 0.3) is 0 Å². The van der Waals surface area contributed by atoms with Crippen molar-refractivity contribution >= 4 is 11.9 Å². The number of aromatic nitrogens is 1. The molecule has 6 nitrogen and oxygen atoms in total. The fraction of sp³-hybridized carbons (Fsp3) is 0.562. The van der Waals surface area contributed by atoms with Gasteiger partial charge in [-0.05, 0) is 52.0 Å². The van der Waals surface area contributed by atoms with Crippen LogP contribution >= 0.6 is 0 Å². The van der Waals surface area contributed by atoms with Crippen molar-refractivity contribution in [2.45, 2.75) is 25.8 Å². The van der Waals surface area contributed by atoms with Gasteiger partial charge in [0.25, 0.3) is 5.91 Å². The fourth-order valence-corrected chi connectivity index (χ4v) is 2.60. The lowest BCUT2D eigenvalue weighted by molar-refractivity contribution is 0.0519. The van der Waals surface area contributed by atoms with Crippen LogP contribution in [0.5, 0.6) is 0 Å². The number of rotatable bonds is 4. The Morgan fingerprint density at radius 2 is 1.95 bits per heavy atom. The summed E-state index contributed by atoms with van der Waals surface area (Å²) in [5.41, 5.74) is 0.455. The Morgan fingerprint density at radius 3 is 2.59 bits per heavy atom. The van der Waals surface area contributed by atoms with Crippen molar-refractivity contribution in [2.75, 3.05) is 33.8 Å². The minimum Gasteiger partial charge on any atom is -0.461 e. The van der Waals surface area contributed by atoms with Crippen molar-refractivity contribution in [3.63, 3.8) is 0 Å². The minimum atomic E-state index is -0.501. The third-order valence-corrected chi connectivity index (χ3v) is 4.01. The maximum absolute atomic E-state index is 12.6. The first kappa shape index (κ1) is 16.4. The van der Waals surface area contributed by atoms with Crippen molar-refractivity contribution in [1.29, 1.82) is 0 Å². The summed E-state index contributed by atoms with van der Waals surface area (Å²) in [6, 6.07) is 5.08. The molecular weight excluding hydrogens is 282 g/mol. The highest BCUT2D eigenvalue weighted by atomic mass is 16.5. The summed E-state index contributed by atoms with van der Waals surface area (Å²) in [7, 11) is 3.89. The summed E-state index contributed by atoms with van der Waals surface area (Å²) in [4.78, 5) is 32.4. The van der Waals surface area contributed by atoms with E-state index in [0.29, 0.717) is 0 Å². The second-order valence-electron chi connectivity index (χ2n) is 5.58. The topological polar surface area (TPSA) is 62.7 Å². The van der Waals surface area contributed by atoms with Crippen LogP contribution in [0.3, 0.4) is 0 Å². The van der Waals surface area contributed by atoms with Crippen molar-refractivity contribution in [2.24, 2.45) is 0 Å². The molecule has 1 aliphatic heterocycles. The number of pyridine rings is 1. The number of likely N-dealkylation sites (tertiary alicyclic amines) is 1. The number of esters is 1. The molecule has 0 atom stereocenters. The van der Waals surface area contributed by atoms with E-state index in [1.54, 1.807) is 37.1 Å². The van der Waals surface area contributed by atoms with Crippen LogP contribution in [-0.4, -0.2) is 66.5 Å². The number of hydrogen-bond donors (Lipinski definition) is 0. The van der Waals surface area contributed by atoms with Gasteiger partial charge in [0.2, 0.25) is 0 Å². The van der Waals surface area contributed by atoms with Crippen LogP contribution in [-0.2, 0) is 4.74 Å². The second kappa shape index (κ2) is 7.35. The number of hydrogen-bond acceptors (Lipinski definition) is 5. The van der Waals surface area contributed by atoms with E-state index in [4.69, 9.17) is 4.74 Å². The maximum Gasteiger partial charge on any atom is 0.356 e. The number of carbonyl (C=O) groups excluding carboxylic acids is 2. The van der Waals surface area contributed by atoms with Crippen LogP contribution in [0, 0.1) is 0 Å². The van der Waals surface area contributed by atoms with Crippen molar-refractivity contribution in [1.82, 2.24) is 14.8 Å². The Bertz CT molecular complexity index is 539. The number of carbonyl (C=O) groups is 2. The molecule has 1 aliphatic rings. The van der Waals surface area contributed by atoms with Gasteiger partial charge in [-0.15, -0.1) is 0 Å². The van der Waals surface area contributed by atoms with Gasteiger partial charge in [0.05, 0.1) is 6.61 Å². The maximum atomic E-state index is 12.6. The van der Waals surface area contributed by atoms with E-state index in [9.17, 15) is 9.59 Å². The molecule has 1 aromatic heterocycles. The predicted molar refractivity (Wildman–Crippen MR) is 82.8 cm³/mol. The van der Waals surface area contributed by atoms with Crippen molar-refractivity contribution in [3.8, 4) is 0 Å². The largest absolute Gasteiger partial charge is 0.461 e. The molecule has 1 aromatic rings. The van der Waals surface area contributed by atoms with Gasteiger partial charge < -0.3 is 14.5 Å². The quantitative estimate of drug-likeness (QED) is 0.787. The van der Waals surface area contributed by atoms with Gasteiger partial charge in [0, 0.05) is 13.1 Å². The molecule has 0 saturated carbocycles. The van der Waals surface area contributed by atoms with Crippen LogP contribution in [0.2, 0.25) is 0 Å². The van der Waals surface area contributed by atoms with E-state index in [1.807, 2.05) is 0 Å². The Kier molecular flexibility index (Phi) is 5.49. The van der Waals surface area contributed by atoms with E-state index in [2.05, 4.69) is 16.9 Å². The first-order chi connectivity index (χ1) is 10.5. The zero-order valence-electron chi connectivity index (χ0n) is 13.4. The van der Waals surface area contributed by atoms with Gasteiger partial charge in [0.1, 0.15) is 11.4 Å². The van der Waals surface area contributed by atoms with E-state index in [1.165, 1.54) is 0 Å². The van der Waals surface area contributed by atoms with Gasteiger partial charge in [-0.25, -0.2) is 9.78 Å². The Hall–Kier alpha value is -1.95. The molecule has 2 heterocycles. The molecule has 0 N–H and O–H groups in total. The van der Waals surface area contributed by atoms with Gasteiger partial charge in [-0.1, -0.05) is 6.07 Å². The zero-order valence-corrected chi connectivity index (χ0v) is 13.4. The summed E-state index contributed by atoms with van der Waals surface area (Å²) in [5.74, 6) is -0.653. The molecule has 1 fully saturated rings. The molecule has 0 unspecified atom stereocenters. The van der Waals surface area contributed by atoms with Gasteiger partial charge in [-0.3, -0.25) is 4.79 Å². The lowest BCUT2D eigenvalue weighted by Crippen LogP contribution is -2.44. The summed E-state index contributed by atoms with van der Waals surface area (Å²) < 4.78 is 4.92. The van der Waals surface area contributed by atoms with Crippen LogP contribution < -0.4 is 0 Å². The fourth-order valence-electron chi connectivity index (χ4n) is 2.60. The molecule has 0 spiro atoms. The molecule has 22 heavy (non-hydrogen) atoms. The summed E-state index contributed by atoms with van der Waals surface area (Å²) in [6.45, 7) is 3.99. The van der Waals surface area contributed by atoms with Crippen LogP contribution in [0.15, 0.2) is 18.2 Å². The van der Waals surface area contributed by atoms with E-state index in [-0.39, 0.29) is 29.9 Å². The number of nitrogens with zero attached hydrogens (tertiary/aromatic N) is 3. The highest BCUT2D eigenvalue weighted by molar-refractivity contribution is 5.94. The Labute approximate surface area is 131 Å². The SMILES string of the molecule is CCOC(=O)c1cccc(C(=O)N(C)C2CCN(C)CC2)n1. The first-order valence-corrected chi connectivity index (χ1v) is 7.62. The highest BCUT2D eigenvalue weighted by Gasteiger charge is 2.25. The van der Waals surface area contributed by atoms with Gasteiger partial charge >= 0.3 is 5.97 Å². The molecular formula is C16H23N3O3. The highest BCUT2D eigenvalue weighted by Crippen LogP contribution is 2.16. The molecule has 0 aromatic carbocycles. The smallest absolute Gasteiger partial charge is 0.356 e. The van der Waals surface area contributed by atoms with Crippen LogP contribution in [0.1, 0.15) is 40.7 Å². The third kappa shape index (κ3) is 3.82. The summed E-state index contributed by atoms with van der Waals surface area (Å²) >= 11 is 0.